The summed E-state index contributed by atoms with van der Waals surface area (Å²) in [6.45, 7) is 1.70. The lowest BCUT2D eigenvalue weighted by molar-refractivity contribution is 0.0462. The van der Waals surface area contributed by atoms with Crippen molar-refractivity contribution in [1.82, 2.24) is 14.5 Å². The van der Waals surface area contributed by atoms with Crippen LogP contribution in [0, 0.1) is 5.92 Å². The molecule has 1 aliphatic heterocycles. The predicted molar refractivity (Wildman–Crippen MR) is 114 cm³/mol. The Morgan fingerprint density at radius 1 is 1.13 bits per heavy atom. The van der Waals surface area contributed by atoms with Crippen LogP contribution in [0.3, 0.4) is 0 Å². The molecule has 0 spiro atoms. The summed E-state index contributed by atoms with van der Waals surface area (Å²) in [5.74, 6) is 1.76. The lowest BCUT2D eigenvalue weighted by atomic mass is 9.87. The number of carbonyl (C=O) groups excluding carboxylic acids is 1. The predicted octanol–water partition coefficient (Wildman–Crippen LogP) is 3.58. The first kappa shape index (κ1) is 20.2. The van der Waals surface area contributed by atoms with E-state index in [2.05, 4.69) is 4.98 Å². The van der Waals surface area contributed by atoms with Crippen LogP contribution in [0.5, 0.6) is 5.75 Å². The van der Waals surface area contributed by atoms with E-state index in [0.717, 1.165) is 24.2 Å². The molecule has 0 radical (unpaired) electrons. The number of nitrogens with zero attached hydrogens (tertiary/aromatic N) is 3. The smallest absolute Gasteiger partial charge is 0.253 e. The molecule has 1 saturated heterocycles. The van der Waals surface area contributed by atoms with Crippen LogP contribution in [0.25, 0.3) is 0 Å². The van der Waals surface area contributed by atoms with Crippen LogP contribution in [0.2, 0.25) is 0 Å². The van der Waals surface area contributed by atoms with Crippen molar-refractivity contribution in [3.63, 3.8) is 0 Å². The van der Waals surface area contributed by atoms with Crippen molar-refractivity contribution in [2.24, 2.45) is 13.0 Å². The van der Waals surface area contributed by atoms with Gasteiger partial charge in [-0.1, -0.05) is 30.3 Å². The van der Waals surface area contributed by atoms with Crippen molar-refractivity contribution in [2.45, 2.75) is 25.6 Å². The second kappa shape index (κ2) is 9.13. The molecule has 0 saturated carbocycles. The Kier molecular flexibility index (Phi) is 6.14. The number of aliphatic hydroxyl groups is 1. The van der Waals surface area contributed by atoms with Crippen molar-refractivity contribution >= 4 is 5.91 Å². The Bertz CT molecular complexity index is 961. The van der Waals surface area contributed by atoms with Crippen LogP contribution in [-0.4, -0.2) is 38.6 Å². The maximum Gasteiger partial charge on any atom is 0.253 e. The van der Waals surface area contributed by atoms with Crippen molar-refractivity contribution < 1.29 is 14.6 Å². The largest absolute Gasteiger partial charge is 0.486 e. The van der Waals surface area contributed by atoms with Gasteiger partial charge in [0.15, 0.2) is 0 Å². The summed E-state index contributed by atoms with van der Waals surface area (Å²) < 4.78 is 7.67. The average Bonchev–Trinajstić information content (AvgIpc) is 3.22. The number of ether oxygens (including phenoxy) is 1. The molecule has 30 heavy (non-hydrogen) atoms. The monoisotopic (exact) mass is 405 g/mol. The highest BCUT2D eigenvalue weighted by Gasteiger charge is 2.28. The van der Waals surface area contributed by atoms with Crippen molar-refractivity contribution in [3.8, 4) is 5.75 Å². The summed E-state index contributed by atoms with van der Waals surface area (Å²) in [4.78, 5) is 19.0. The summed E-state index contributed by atoms with van der Waals surface area (Å²) in [5.41, 5.74) is 1.60. The molecule has 4 rings (SSSR count). The Labute approximate surface area is 176 Å². The molecule has 6 heteroatoms. The van der Waals surface area contributed by atoms with Gasteiger partial charge >= 0.3 is 0 Å². The number of benzene rings is 2. The third-order valence-corrected chi connectivity index (χ3v) is 5.80. The molecular formula is C24H27N3O3. The molecule has 2 heterocycles. The van der Waals surface area contributed by atoms with Crippen molar-refractivity contribution in [1.29, 1.82) is 0 Å². The number of rotatable bonds is 6. The van der Waals surface area contributed by atoms with E-state index in [1.54, 1.807) is 18.3 Å². The summed E-state index contributed by atoms with van der Waals surface area (Å²) >= 11 is 0. The average molecular weight is 405 g/mol. The van der Waals surface area contributed by atoms with Crippen molar-refractivity contribution in [3.05, 3.63) is 83.9 Å². The fourth-order valence-electron chi connectivity index (χ4n) is 3.90. The molecular weight excluding hydrogens is 378 g/mol. The Balaban J connectivity index is 1.30. The molecule has 0 bridgehead atoms. The van der Waals surface area contributed by atoms with Crippen LogP contribution in [-0.2, 0) is 13.7 Å². The van der Waals surface area contributed by atoms with E-state index in [9.17, 15) is 9.90 Å². The molecule has 2 aromatic carbocycles. The fourth-order valence-corrected chi connectivity index (χ4v) is 3.90. The van der Waals surface area contributed by atoms with E-state index in [-0.39, 0.29) is 11.8 Å². The number of likely N-dealkylation sites (tertiary alicyclic amines) is 1. The summed E-state index contributed by atoms with van der Waals surface area (Å²) in [6.07, 6.45) is 4.74. The molecule has 1 amide bonds. The van der Waals surface area contributed by atoms with E-state index in [4.69, 9.17) is 4.74 Å². The maximum absolute atomic E-state index is 12.9. The highest BCUT2D eigenvalue weighted by Crippen LogP contribution is 2.31. The maximum atomic E-state index is 12.9. The third kappa shape index (κ3) is 4.54. The van der Waals surface area contributed by atoms with Crippen LogP contribution in [0.15, 0.2) is 67.0 Å². The third-order valence-electron chi connectivity index (χ3n) is 5.80. The Morgan fingerprint density at radius 3 is 2.47 bits per heavy atom. The number of hydrogen-bond donors (Lipinski definition) is 1. The number of aryl methyl sites for hydroxylation is 1. The van der Waals surface area contributed by atoms with E-state index in [1.807, 2.05) is 65.2 Å². The van der Waals surface area contributed by atoms with Crippen LogP contribution < -0.4 is 4.74 Å². The minimum atomic E-state index is -0.474. The van der Waals surface area contributed by atoms with Crippen molar-refractivity contribution in [2.75, 3.05) is 13.1 Å². The molecule has 1 aliphatic rings. The molecule has 0 aliphatic carbocycles. The van der Waals surface area contributed by atoms with E-state index >= 15 is 0 Å². The zero-order valence-electron chi connectivity index (χ0n) is 17.1. The number of amides is 1. The van der Waals surface area contributed by atoms with E-state index in [1.165, 1.54) is 0 Å². The highest BCUT2D eigenvalue weighted by atomic mass is 16.5. The van der Waals surface area contributed by atoms with Gasteiger partial charge in [0.2, 0.25) is 0 Å². The zero-order chi connectivity index (χ0) is 20.9. The standard InChI is InChI=1S/C24H27N3O3/c1-26-16-13-25-22(26)17-30-21-9-7-20(8-10-21)24(29)27-14-11-19(12-15-27)23(28)18-5-3-2-4-6-18/h2-10,13,16,19,23,28H,11-12,14-15,17H2,1H3. The first-order valence-electron chi connectivity index (χ1n) is 10.3. The molecule has 1 N–H and O–H groups in total. The van der Waals surface area contributed by atoms with Crippen LogP contribution in [0.1, 0.15) is 40.7 Å². The van der Waals surface area contributed by atoms with Gasteiger partial charge in [0, 0.05) is 38.1 Å². The van der Waals surface area contributed by atoms with Gasteiger partial charge in [0.25, 0.3) is 5.91 Å². The van der Waals surface area contributed by atoms with Gasteiger partial charge in [0.05, 0.1) is 6.10 Å². The topological polar surface area (TPSA) is 67.6 Å². The van der Waals surface area contributed by atoms with Gasteiger partial charge in [-0.25, -0.2) is 4.98 Å². The molecule has 156 valence electrons. The SMILES string of the molecule is Cn1ccnc1COc1ccc(C(=O)N2CCC(C(O)c3ccccc3)CC2)cc1. The Hall–Kier alpha value is -3.12. The van der Waals surface area contributed by atoms with Crippen LogP contribution >= 0.6 is 0 Å². The molecule has 6 nitrogen and oxygen atoms in total. The zero-order valence-corrected chi connectivity index (χ0v) is 17.1. The molecule has 1 unspecified atom stereocenters. The van der Waals surface area contributed by atoms with E-state index < -0.39 is 6.10 Å². The number of carbonyl (C=O) groups is 1. The minimum absolute atomic E-state index is 0.0262. The van der Waals surface area contributed by atoms with E-state index in [0.29, 0.717) is 31.0 Å². The minimum Gasteiger partial charge on any atom is -0.486 e. The van der Waals surface area contributed by atoms with Gasteiger partial charge in [-0.3, -0.25) is 4.79 Å². The first-order chi connectivity index (χ1) is 14.6. The number of piperidine rings is 1. The summed E-state index contributed by atoms with van der Waals surface area (Å²) in [6, 6.07) is 17.0. The Morgan fingerprint density at radius 2 is 1.83 bits per heavy atom. The van der Waals surface area contributed by atoms with Gasteiger partial charge in [-0.15, -0.1) is 0 Å². The van der Waals surface area contributed by atoms with Gasteiger partial charge < -0.3 is 19.3 Å². The number of aromatic nitrogens is 2. The lowest BCUT2D eigenvalue weighted by Gasteiger charge is -2.34. The van der Waals surface area contributed by atoms with Gasteiger partial charge in [-0.2, -0.15) is 0 Å². The summed E-state index contributed by atoms with van der Waals surface area (Å²) in [7, 11) is 1.93. The van der Waals surface area contributed by atoms with Crippen LogP contribution in [0.4, 0.5) is 0 Å². The molecule has 3 aromatic rings. The quantitative estimate of drug-likeness (QED) is 0.681. The van der Waals surface area contributed by atoms with Gasteiger partial charge in [-0.05, 0) is 48.6 Å². The normalized spacial score (nSPS) is 15.7. The van der Waals surface area contributed by atoms with Gasteiger partial charge in [0.1, 0.15) is 18.2 Å². The summed E-state index contributed by atoms with van der Waals surface area (Å²) in [5, 5.41) is 10.6. The lowest BCUT2D eigenvalue weighted by Crippen LogP contribution is -2.39. The second-order valence-corrected chi connectivity index (χ2v) is 7.75. The molecule has 1 atom stereocenters. The highest BCUT2D eigenvalue weighted by molar-refractivity contribution is 5.94. The fraction of sp³-hybridized carbons (Fsp3) is 0.333. The molecule has 1 fully saturated rings. The second-order valence-electron chi connectivity index (χ2n) is 7.75. The first-order valence-corrected chi connectivity index (χ1v) is 10.3. The number of imidazole rings is 1. The molecule has 1 aromatic heterocycles. The number of aliphatic hydroxyl groups excluding tert-OH is 1. The number of hydrogen-bond acceptors (Lipinski definition) is 4.